The van der Waals surface area contributed by atoms with Gasteiger partial charge in [0.1, 0.15) is 5.75 Å². The number of hydrogen-bond donors (Lipinski definition) is 2. The molecule has 0 radical (unpaired) electrons. The maximum Gasteiger partial charge on any atom is 0.171 e. The maximum absolute atomic E-state index is 6.02. The van der Waals surface area contributed by atoms with Gasteiger partial charge in [0, 0.05) is 16.6 Å². The summed E-state index contributed by atoms with van der Waals surface area (Å²) in [5, 5.41) is 1.63. The minimum absolute atomic E-state index is 0.438. The zero-order chi connectivity index (χ0) is 15.0. The van der Waals surface area contributed by atoms with Crippen LogP contribution in [-0.4, -0.2) is 17.1 Å². The Kier molecular flexibility index (Phi) is 3.89. The molecular formula is C14H11Cl2N3OS. The van der Waals surface area contributed by atoms with Gasteiger partial charge < -0.3 is 15.5 Å². The first-order chi connectivity index (χ1) is 10.1. The molecule has 0 bridgehead atoms. The number of hydrogen-bond acceptors (Lipinski definition) is 4. The highest BCUT2D eigenvalue weighted by Gasteiger charge is 2.10. The number of aromatic nitrogens is 2. The number of fused-ring (bicyclic) bond motifs is 1. The van der Waals surface area contributed by atoms with Gasteiger partial charge >= 0.3 is 0 Å². The lowest BCUT2D eigenvalue weighted by Crippen LogP contribution is -1.89. The van der Waals surface area contributed by atoms with Gasteiger partial charge in [0.25, 0.3) is 0 Å². The standard InChI is InChI=1S/C14H11Cl2N3OS/c1-20-7-2-3-11-12(4-7)19-14(18-11)21-13-6-9(16)8(15)5-10(13)17/h2-6H,17H2,1H3,(H,18,19). The normalized spacial score (nSPS) is 11.0. The summed E-state index contributed by atoms with van der Waals surface area (Å²) in [6.45, 7) is 0. The van der Waals surface area contributed by atoms with Crippen LogP contribution in [0.1, 0.15) is 0 Å². The zero-order valence-corrected chi connectivity index (χ0v) is 13.3. The fraction of sp³-hybridized carbons (Fsp3) is 0.0714. The predicted molar refractivity (Wildman–Crippen MR) is 87.6 cm³/mol. The van der Waals surface area contributed by atoms with E-state index in [0.717, 1.165) is 26.8 Å². The molecule has 3 rings (SSSR count). The second kappa shape index (κ2) is 5.67. The first kappa shape index (κ1) is 14.4. The molecule has 2 aromatic carbocycles. The molecule has 0 saturated heterocycles. The summed E-state index contributed by atoms with van der Waals surface area (Å²) in [5.41, 5.74) is 8.27. The summed E-state index contributed by atoms with van der Waals surface area (Å²) in [4.78, 5) is 8.52. The van der Waals surface area contributed by atoms with Crippen LogP contribution in [0.5, 0.6) is 5.75 Å². The molecule has 21 heavy (non-hydrogen) atoms. The molecule has 1 aromatic heterocycles. The van der Waals surface area contributed by atoms with Crippen molar-refractivity contribution in [2.45, 2.75) is 10.1 Å². The van der Waals surface area contributed by atoms with Gasteiger partial charge in [-0.05, 0) is 36.0 Å². The van der Waals surface area contributed by atoms with Gasteiger partial charge in [-0.2, -0.15) is 0 Å². The summed E-state index contributed by atoms with van der Waals surface area (Å²) < 4.78 is 5.19. The molecule has 0 spiro atoms. The second-order valence-corrected chi connectivity index (χ2v) is 6.18. The SMILES string of the molecule is COc1ccc2nc(Sc3cc(Cl)c(Cl)cc3N)[nH]c2c1. The van der Waals surface area contributed by atoms with E-state index in [1.54, 1.807) is 19.2 Å². The highest BCUT2D eigenvalue weighted by Crippen LogP contribution is 2.36. The largest absolute Gasteiger partial charge is 0.497 e. The number of methoxy groups -OCH3 is 1. The van der Waals surface area contributed by atoms with Crippen LogP contribution in [0.25, 0.3) is 11.0 Å². The summed E-state index contributed by atoms with van der Waals surface area (Å²) in [6, 6.07) is 9.03. The van der Waals surface area contributed by atoms with Crippen LogP contribution in [0, 0.1) is 0 Å². The van der Waals surface area contributed by atoms with Crippen molar-refractivity contribution in [3.8, 4) is 5.75 Å². The first-order valence-corrected chi connectivity index (χ1v) is 7.60. The van der Waals surface area contributed by atoms with Crippen molar-refractivity contribution in [3.63, 3.8) is 0 Å². The number of anilines is 1. The van der Waals surface area contributed by atoms with Crippen molar-refractivity contribution >= 4 is 51.7 Å². The number of nitrogens with one attached hydrogen (secondary N) is 1. The van der Waals surface area contributed by atoms with Crippen LogP contribution >= 0.6 is 35.0 Å². The second-order valence-electron chi connectivity index (χ2n) is 4.33. The molecule has 0 atom stereocenters. The van der Waals surface area contributed by atoms with Gasteiger partial charge in [-0.1, -0.05) is 23.2 Å². The van der Waals surface area contributed by atoms with Crippen molar-refractivity contribution < 1.29 is 4.74 Å². The molecule has 0 aliphatic heterocycles. The van der Waals surface area contributed by atoms with E-state index >= 15 is 0 Å². The quantitative estimate of drug-likeness (QED) is 0.684. The highest BCUT2D eigenvalue weighted by molar-refractivity contribution is 7.99. The molecule has 0 fully saturated rings. The first-order valence-electron chi connectivity index (χ1n) is 6.03. The van der Waals surface area contributed by atoms with E-state index in [-0.39, 0.29) is 0 Å². The molecule has 0 aliphatic rings. The third kappa shape index (κ3) is 2.90. The Morgan fingerprint density at radius 1 is 1.19 bits per heavy atom. The minimum Gasteiger partial charge on any atom is -0.497 e. The zero-order valence-electron chi connectivity index (χ0n) is 11.0. The Hall–Kier alpha value is -1.56. The molecule has 0 saturated carbocycles. The predicted octanol–water partition coefficient (Wildman–Crippen LogP) is 4.61. The van der Waals surface area contributed by atoms with Crippen molar-refractivity contribution in [3.05, 3.63) is 40.4 Å². The Morgan fingerprint density at radius 2 is 1.95 bits per heavy atom. The third-order valence-corrected chi connectivity index (χ3v) is 4.61. The van der Waals surface area contributed by atoms with E-state index in [4.69, 9.17) is 33.7 Å². The maximum atomic E-state index is 6.02. The Labute approximate surface area is 135 Å². The third-order valence-electron chi connectivity index (χ3n) is 2.93. The van der Waals surface area contributed by atoms with Crippen molar-refractivity contribution in [1.82, 2.24) is 9.97 Å². The van der Waals surface area contributed by atoms with Crippen LogP contribution in [0.3, 0.4) is 0 Å². The average Bonchev–Trinajstić information content (AvgIpc) is 2.85. The lowest BCUT2D eigenvalue weighted by Gasteiger charge is -2.05. The molecule has 0 aliphatic carbocycles. The van der Waals surface area contributed by atoms with Crippen LogP contribution in [-0.2, 0) is 0 Å². The molecule has 7 heteroatoms. The Morgan fingerprint density at radius 3 is 2.71 bits per heavy atom. The number of nitrogens with zero attached hydrogens (tertiary/aromatic N) is 1. The molecule has 108 valence electrons. The van der Waals surface area contributed by atoms with E-state index in [0.29, 0.717) is 15.7 Å². The molecule has 3 N–H and O–H groups in total. The van der Waals surface area contributed by atoms with Gasteiger partial charge in [0.15, 0.2) is 5.16 Å². The lowest BCUT2D eigenvalue weighted by molar-refractivity contribution is 0.415. The average molecular weight is 340 g/mol. The topological polar surface area (TPSA) is 63.9 Å². The molecule has 0 unspecified atom stereocenters. The van der Waals surface area contributed by atoms with Crippen molar-refractivity contribution in [2.75, 3.05) is 12.8 Å². The van der Waals surface area contributed by atoms with Crippen molar-refractivity contribution in [2.24, 2.45) is 0 Å². The molecular weight excluding hydrogens is 329 g/mol. The summed E-state index contributed by atoms with van der Waals surface area (Å²) in [7, 11) is 1.63. The smallest absolute Gasteiger partial charge is 0.171 e. The number of aromatic amines is 1. The number of H-pyrrole nitrogens is 1. The summed E-state index contributed by atoms with van der Waals surface area (Å²) in [5.74, 6) is 0.775. The fourth-order valence-corrected chi connectivity index (χ4v) is 3.14. The molecule has 3 aromatic rings. The number of nitrogens with two attached hydrogens (primary N) is 1. The van der Waals surface area contributed by atoms with Crippen LogP contribution < -0.4 is 10.5 Å². The lowest BCUT2D eigenvalue weighted by atomic mass is 10.3. The summed E-state index contributed by atoms with van der Waals surface area (Å²) in [6.07, 6.45) is 0. The van der Waals surface area contributed by atoms with Crippen molar-refractivity contribution in [1.29, 1.82) is 0 Å². The Bertz CT molecular complexity index is 819. The number of imidazole rings is 1. The highest BCUT2D eigenvalue weighted by atomic mass is 35.5. The molecule has 0 amide bonds. The van der Waals surface area contributed by atoms with E-state index in [1.165, 1.54) is 11.8 Å². The number of halogens is 2. The molecule has 4 nitrogen and oxygen atoms in total. The monoisotopic (exact) mass is 339 g/mol. The van der Waals surface area contributed by atoms with Gasteiger partial charge in [-0.25, -0.2) is 4.98 Å². The van der Waals surface area contributed by atoms with E-state index < -0.39 is 0 Å². The number of nitrogen functional groups attached to an aromatic ring is 1. The Balaban J connectivity index is 1.96. The summed E-state index contributed by atoms with van der Waals surface area (Å²) >= 11 is 13.4. The van der Waals surface area contributed by atoms with Gasteiger partial charge in [-0.3, -0.25) is 0 Å². The number of benzene rings is 2. The van der Waals surface area contributed by atoms with E-state index in [2.05, 4.69) is 9.97 Å². The van der Waals surface area contributed by atoms with Crippen LogP contribution in [0.15, 0.2) is 40.4 Å². The van der Waals surface area contributed by atoms with Gasteiger partial charge in [0.2, 0.25) is 0 Å². The fourth-order valence-electron chi connectivity index (χ4n) is 1.88. The minimum atomic E-state index is 0.438. The molecule has 1 heterocycles. The van der Waals surface area contributed by atoms with Crippen LogP contribution in [0.4, 0.5) is 5.69 Å². The van der Waals surface area contributed by atoms with E-state index in [9.17, 15) is 0 Å². The van der Waals surface area contributed by atoms with Gasteiger partial charge in [-0.15, -0.1) is 0 Å². The van der Waals surface area contributed by atoms with Gasteiger partial charge in [0.05, 0.1) is 28.2 Å². The van der Waals surface area contributed by atoms with Crippen LogP contribution in [0.2, 0.25) is 10.0 Å². The van der Waals surface area contributed by atoms with E-state index in [1.807, 2.05) is 18.2 Å². The number of rotatable bonds is 3. The number of ether oxygens (including phenoxy) is 1.